The average molecular weight is 436 g/mol. The third-order valence-electron chi connectivity index (χ3n) is 4.09. The molecule has 1 aromatic heterocycles. The lowest BCUT2D eigenvalue weighted by atomic mass is 10.2. The van der Waals surface area contributed by atoms with Crippen molar-refractivity contribution in [2.24, 2.45) is 7.05 Å². The summed E-state index contributed by atoms with van der Waals surface area (Å²) in [5, 5.41) is 3.26. The average Bonchev–Trinajstić information content (AvgIpc) is 2.96. The van der Waals surface area contributed by atoms with Gasteiger partial charge < -0.3 is 9.88 Å². The van der Waals surface area contributed by atoms with Crippen molar-refractivity contribution in [2.75, 3.05) is 19.6 Å². The molecule has 0 bridgehead atoms. The minimum absolute atomic E-state index is 0. The van der Waals surface area contributed by atoms with Crippen LogP contribution in [0.1, 0.15) is 17.4 Å². The molecular formula is C15H20BrClN4O2S. The number of aryl methyl sites for hydroxylation is 2. The monoisotopic (exact) mass is 434 g/mol. The fourth-order valence-electron chi connectivity index (χ4n) is 2.84. The molecule has 1 aliphatic rings. The van der Waals surface area contributed by atoms with Crippen LogP contribution in [0.3, 0.4) is 0 Å². The molecule has 1 N–H and O–H groups in total. The molecule has 0 amide bonds. The van der Waals surface area contributed by atoms with E-state index in [9.17, 15) is 8.42 Å². The van der Waals surface area contributed by atoms with E-state index in [2.05, 4.69) is 26.2 Å². The number of imidazole rings is 1. The molecule has 2 heterocycles. The van der Waals surface area contributed by atoms with E-state index in [1.807, 2.05) is 30.8 Å². The fourth-order valence-corrected chi connectivity index (χ4v) is 5.44. The van der Waals surface area contributed by atoms with E-state index in [1.54, 1.807) is 22.6 Å². The highest BCUT2D eigenvalue weighted by atomic mass is 79.9. The van der Waals surface area contributed by atoms with Gasteiger partial charge in [-0.15, -0.1) is 12.4 Å². The topological polar surface area (TPSA) is 67.2 Å². The Morgan fingerprint density at radius 1 is 1.38 bits per heavy atom. The first-order chi connectivity index (χ1) is 10.9. The summed E-state index contributed by atoms with van der Waals surface area (Å²) in [6.45, 7) is 3.48. The van der Waals surface area contributed by atoms with Crippen molar-refractivity contribution in [2.45, 2.75) is 17.9 Å². The second-order valence-corrected chi connectivity index (χ2v) is 8.27. The number of sulfonamides is 1. The molecule has 3 rings (SSSR count). The van der Waals surface area contributed by atoms with Crippen LogP contribution in [0.25, 0.3) is 0 Å². The van der Waals surface area contributed by atoms with Gasteiger partial charge in [0.15, 0.2) is 0 Å². The Morgan fingerprint density at radius 2 is 2.12 bits per heavy atom. The minimum atomic E-state index is -3.61. The zero-order valence-electron chi connectivity index (χ0n) is 13.4. The predicted molar refractivity (Wildman–Crippen MR) is 98.8 cm³/mol. The van der Waals surface area contributed by atoms with Gasteiger partial charge in [0.2, 0.25) is 10.0 Å². The zero-order valence-corrected chi connectivity index (χ0v) is 16.7. The Labute approximate surface area is 156 Å². The third kappa shape index (κ3) is 3.39. The number of nitrogens with one attached hydrogen (secondary N) is 1. The SMILES string of the molecule is Cc1cccc(S(=O)(=O)N2CCNCC2c2nccn2C)c1Br.Cl. The number of hydrogen-bond acceptors (Lipinski definition) is 4. The maximum Gasteiger partial charge on any atom is 0.244 e. The van der Waals surface area contributed by atoms with Crippen molar-refractivity contribution in [3.05, 3.63) is 46.5 Å². The van der Waals surface area contributed by atoms with E-state index in [0.29, 0.717) is 29.0 Å². The van der Waals surface area contributed by atoms with E-state index in [0.717, 1.165) is 11.4 Å². The quantitative estimate of drug-likeness (QED) is 0.803. The normalized spacial score (nSPS) is 19.0. The molecule has 0 saturated carbocycles. The Kier molecular flexibility index (Phi) is 6.09. The van der Waals surface area contributed by atoms with Gasteiger partial charge in [-0.25, -0.2) is 13.4 Å². The highest BCUT2D eigenvalue weighted by molar-refractivity contribution is 9.10. The van der Waals surface area contributed by atoms with Gasteiger partial charge in [-0.2, -0.15) is 4.31 Å². The summed E-state index contributed by atoms with van der Waals surface area (Å²) in [7, 11) is -1.73. The van der Waals surface area contributed by atoms with Gasteiger partial charge >= 0.3 is 0 Å². The van der Waals surface area contributed by atoms with E-state index < -0.39 is 10.0 Å². The Bertz CT molecular complexity index is 825. The molecule has 9 heteroatoms. The van der Waals surface area contributed by atoms with Gasteiger partial charge in [-0.1, -0.05) is 12.1 Å². The standard InChI is InChI=1S/C15H19BrN4O2S.ClH/c1-11-4-3-5-13(14(11)16)23(21,22)20-9-6-17-10-12(20)15-18-7-8-19(15)2;/h3-5,7-8,12,17H,6,9-10H2,1-2H3;1H. The van der Waals surface area contributed by atoms with Crippen LogP contribution in [-0.2, 0) is 17.1 Å². The van der Waals surface area contributed by atoms with E-state index in [1.165, 1.54) is 0 Å². The van der Waals surface area contributed by atoms with Crippen LogP contribution in [0.5, 0.6) is 0 Å². The summed E-state index contributed by atoms with van der Waals surface area (Å²) in [5.74, 6) is 0.740. The van der Waals surface area contributed by atoms with Crippen LogP contribution in [0.2, 0.25) is 0 Å². The Morgan fingerprint density at radius 3 is 2.79 bits per heavy atom. The minimum Gasteiger partial charge on any atom is -0.337 e. The molecule has 0 spiro atoms. The fraction of sp³-hybridized carbons (Fsp3) is 0.400. The summed E-state index contributed by atoms with van der Waals surface area (Å²) in [6.07, 6.45) is 3.52. The molecule has 1 saturated heterocycles. The number of benzene rings is 1. The molecule has 1 fully saturated rings. The lowest BCUT2D eigenvalue weighted by Crippen LogP contribution is -2.49. The van der Waals surface area contributed by atoms with Gasteiger partial charge in [0.1, 0.15) is 5.82 Å². The Hall–Kier alpha value is -0.930. The van der Waals surface area contributed by atoms with Crippen molar-refractivity contribution >= 4 is 38.4 Å². The summed E-state index contributed by atoms with van der Waals surface area (Å²) in [6, 6.07) is 4.98. The molecular weight excluding hydrogens is 416 g/mol. The van der Waals surface area contributed by atoms with Crippen molar-refractivity contribution < 1.29 is 8.42 Å². The van der Waals surface area contributed by atoms with Crippen molar-refractivity contribution in [1.82, 2.24) is 19.2 Å². The molecule has 1 aromatic carbocycles. The van der Waals surface area contributed by atoms with Gasteiger partial charge in [0.05, 0.1) is 10.9 Å². The van der Waals surface area contributed by atoms with Crippen LogP contribution in [0.15, 0.2) is 40.0 Å². The number of aromatic nitrogens is 2. The molecule has 24 heavy (non-hydrogen) atoms. The van der Waals surface area contributed by atoms with Gasteiger partial charge in [0, 0.05) is 43.5 Å². The second kappa shape index (κ2) is 7.53. The third-order valence-corrected chi connectivity index (χ3v) is 7.36. The largest absolute Gasteiger partial charge is 0.337 e. The molecule has 0 radical (unpaired) electrons. The first-order valence-corrected chi connectivity index (χ1v) is 9.61. The molecule has 1 aliphatic heterocycles. The zero-order chi connectivity index (χ0) is 16.6. The maximum atomic E-state index is 13.2. The maximum absolute atomic E-state index is 13.2. The van der Waals surface area contributed by atoms with Crippen LogP contribution >= 0.6 is 28.3 Å². The van der Waals surface area contributed by atoms with Gasteiger partial charge in [0.25, 0.3) is 0 Å². The van der Waals surface area contributed by atoms with Crippen molar-refractivity contribution in [3.8, 4) is 0 Å². The van der Waals surface area contributed by atoms with Crippen LogP contribution < -0.4 is 5.32 Å². The second-order valence-electron chi connectivity index (χ2n) is 5.62. The van der Waals surface area contributed by atoms with E-state index in [-0.39, 0.29) is 18.4 Å². The summed E-state index contributed by atoms with van der Waals surface area (Å²) >= 11 is 3.42. The number of nitrogens with zero attached hydrogens (tertiary/aromatic N) is 3. The lowest BCUT2D eigenvalue weighted by Gasteiger charge is -2.35. The van der Waals surface area contributed by atoms with E-state index in [4.69, 9.17) is 0 Å². The van der Waals surface area contributed by atoms with Crippen LogP contribution in [0.4, 0.5) is 0 Å². The highest BCUT2D eigenvalue weighted by Crippen LogP contribution is 2.32. The van der Waals surface area contributed by atoms with Crippen LogP contribution in [0, 0.1) is 6.92 Å². The Balaban J connectivity index is 0.00000208. The highest BCUT2D eigenvalue weighted by Gasteiger charge is 2.37. The molecule has 132 valence electrons. The first-order valence-electron chi connectivity index (χ1n) is 7.38. The molecule has 2 aromatic rings. The smallest absolute Gasteiger partial charge is 0.244 e. The summed E-state index contributed by atoms with van der Waals surface area (Å²) < 4.78 is 30.5. The molecule has 6 nitrogen and oxygen atoms in total. The number of hydrogen-bond donors (Lipinski definition) is 1. The van der Waals surface area contributed by atoms with Gasteiger partial charge in [-0.05, 0) is 34.5 Å². The number of halogens is 2. The van der Waals surface area contributed by atoms with Crippen molar-refractivity contribution in [1.29, 1.82) is 0 Å². The predicted octanol–water partition coefficient (Wildman–Crippen LogP) is 2.25. The lowest BCUT2D eigenvalue weighted by molar-refractivity contribution is 0.258. The van der Waals surface area contributed by atoms with Gasteiger partial charge in [-0.3, -0.25) is 0 Å². The number of rotatable bonds is 3. The molecule has 0 aliphatic carbocycles. The molecule has 1 atom stereocenters. The summed E-state index contributed by atoms with van der Waals surface area (Å²) in [5.41, 5.74) is 0.898. The van der Waals surface area contributed by atoms with Crippen LogP contribution in [-0.4, -0.2) is 41.9 Å². The summed E-state index contributed by atoms with van der Waals surface area (Å²) in [4.78, 5) is 4.65. The van der Waals surface area contributed by atoms with E-state index >= 15 is 0 Å². The molecule has 1 unspecified atom stereocenters. The first kappa shape index (κ1) is 19.4. The van der Waals surface area contributed by atoms with Crippen molar-refractivity contribution in [3.63, 3.8) is 0 Å². The number of piperazine rings is 1.